The number of nitrogens with two attached hydrogens (primary N) is 1. The van der Waals surface area contributed by atoms with Crippen molar-refractivity contribution in [3.05, 3.63) is 29.8 Å². The number of ether oxygens (including phenoxy) is 1. The second-order valence-corrected chi connectivity index (χ2v) is 4.61. The highest BCUT2D eigenvalue weighted by Crippen LogP contribution is 2.12. The molecule has 0 saturated carbocycles. The minimum Gasteiger partial charge on any atom is -0.497 e. The van der Waals surface area contributed by atoms with Gasteiger partial charge in [-0.3, -0.25) is 4.79 Å². The summed E-state index contributed by atoms with van der Waals surface area (Å²) in [6.07, 6.45) is 0. The molecule has 5 heteroatoms. The Balaban J connectivity index is 2.80. The summed E-state index contributed by atoms with van der Waals surface area (Å²) in [5.74, 6) is 0.487. The van der Waals surface area contributed by atoms with E-state index in [1.165, 1.54) is 0 Å². The number of benzene rings is 1. The molecule has 4 nitrogen and oxygen atoms in total. The number of methoxy groups -OCH3 is 1. The number of carbonyl (C=O) groups is 1. The average molecular weight is 252 g/mol. The molecule has 0 bridgehead atoms. The second-order valence-electron chi connectivity index (χ2n) is 4.17. The summed E-state index contributed by atoms with van der Waals surface area (Å²) in [6.45, 7) is 3.52. The van der Waals surface area contributed by atoms with Crippen molar-refractivity contribution in [2.24, 2.45) is 5.73 Å². The molecular formula is C12H16N2O2S. The number of hydrogen-bond acceptors (Lipinski definition) is 3. The van der Waals surface area contributed by atoms with Crippen LogP contribution in [0.5, 0.6) is 5.75 Å². The van der Waals surface area contributed by atoms with Crippen LogP contribution in [0.4, 0.5) is 0 Å². The van der Waals surface area contributed by atoms with Crippen molar-refractivity contribution >= 4 is 23.1 Å². The molecule has 0 atom stereocenters. The average Bonchev–Trinajstić information content (AvgIpc) is 2.28. The summed E-state index contributed by atoms with van der Waals surface area (Å²) in [5.41, 5.74) is 5.37. The molecule has 0 aliphatic rings. The predicted molar refractivity (Wildman–Crippen MR) is 71.3 cm³/mol. The molecule has 0 aromatic heterocycles. The Hall–Kier alpha value is -1.62. The Labute approximate surface area is 106 Å². The Bertz CT molecular complexity index is 427. The van der Waals surface area contributed by atoms with E-state index in [2.05, 4.69) is 5.32 Å². The maximum absolute atomic E-state index is 11.9. The SMILES string of the molecule is COc1ccc(C(=O)NC(C)(C)C(N)=S)cc1. The molecule has 0 aliphatic carbocycles. The Kier molecular flexibility index (Phi) is 4.07. The maximum Gasteiger partial charge on any atom is 0.252 e. The zero-order valence-corrected chi connectivity index (χ0v) is 10.9. The predicted octanol–water partition coefficient (Wildman–Crippen LogP) is 1.49. The van der Waals surface area contributed by atoms with Crippen molar-refractivity contribution < 1.29 is 9.53 Å². The van der Waals surface area contributed by atoms with Crippen LogP contribution < -0.4 is 15.8 Å². The van der Waals surface area contributed by atoms with Crippen LogP contribution >= 0.6 is 12.2 Å². The van der Waals surface area contributed by atoms with Crippen molar-refractivity contribution in [1.82, 2.24) is 5.32 Å². The zero-order valence-electron chi connectivity index (χ0n) is 10.1. The smallest absolute Gasteiger partial charge is 0.252 e. The van der Waals surface area contributed by atoms with E-state index < -0.39 is 5.54 Å². The molecule has 92 valence electrons. The summed E-state index contributed by atoms with van der Waals surface area (Å²) in [4.78, 5) is 12.1. The van der Waals surface area contributed by atoms with Crippen molar-refractivity contribution in [3.63, 3.8) is 0 Å². The van der Waals surface area contributed by atoms with Crippen molar-refractivity contribution in [2.75, 3.05) is 7.11 Å². The second kappa shape index (κ2) is 5.14. The van der Waals surface area contributed by atoms with Crippen molar-refractivity contribution in [3.8, 4) is 5.75 Å². The lowest BCUT2D eigenvalue weighted by molar-refractivity contribution is 0.0932. The van der Waals surface area contributed by atoms with Crippen LogP contribution in [-0.4, -0.2) is 23.5 Å². The van der Waals surface area contributed by atoms with Crippen LogP contribution in [0.15, 0.2) is 24.3 Å². The summed E-state index contributed by atoms with van der Waals surface area (Å²) >= 11 is 4.88. The fourth-order valence-electron chi connectivity index (χ4n) is 1.16. The lowest BCUT2D eigenvalue weighted by Crippen LogP contribution is -2.52. The molecule has 0 aliphatic heterocycles. The van der Waals surface area contributed by atoms with E-state index in [1.807, 2.05) is 0 Å². The molecule has 3 N–H and O–H groups in total. The monoisotopic (exact) mass is 252 g/mol. The topological polar surface area (TPSA) is 64.3 Å². The van der Waals surface area contributed by atoms with E-state index >= 15 is 0 Å². The van der Waals surface area contributed by atoms with Gasteiger partial charge in [0.1, 0.15) is 5.75 Å². The summed E-state index contributed by atoms with van der Waals surface area (Å²) < 4.78 is 5.02. The lowest BCUT2D eigenvalue weighted by Gasteiger charge is -2.24. The molecule has 17 heavy (non-hydrogen) atoms. The van der Waals surface area contributed by atoms with Crippen LogP contribution in [0.1, 0.15) is 24.2 Å². The van der Waals surface area contributed by atoms with Crippen LogP contribution in [0.3, 0.4) is 0 Å². The van der Waals surface area contributed by atoms with E-state index in [0.29, 0.717) is 11.3 Å². The van der Waals surface area contributed by atoms with E-state index in [9.17, 15) is 4.79 Å². The molecule has 1 amide bonds. The van der Waals surface area contributed by atoms with Gasteiger partial charge in [0.2, 0.25) is 0 Å². The normalized spacial score (nSPS) is 10.8. The molecule has 0 heterocycles. The number of thiocarbonyl (C=S) groups is 1. The minimum atomic E-state index is -0.702. The number of rotatable bonds is 4. The summed E-state index contributed by atoms with van der Waals surface area (Å²) in [6, 6.07) is 6.82. The summed E-state index contributed by atoms with van der Waals surface area (Å²) in [5, 5.41) is 2.76. The fraction of sp³-hybridized carbons (Fsp3) is 0.333. The lowest BCUT2D eigenvalue weighted by atomic mass is 10.0. The quantitative estimate of drug-likeness (QED) is 0.797. The zero-order chi connectivity index (χ0) is 13.1. The first-order valence-electron chi connectivity index (χ1n) is 5.13. The van der Waals surface area contributed by atoms with Gasteiger partial charge in [0.25, 0.3) is 5.91 Å². The molecule has 0 spiro atoms. The van der Waals surface area contributed by atoms with E-state index in [1.54, 1.807) is 45.2 Å². The highest BCUT2D eigenvalue weighted by Gasteiger charge is 2.24. The van der Waals surface area contributed by atoms with E-state index in [4.69, 9.17) is 22.7 Å². The first-order chi connectivity index (χ1) is 7.86. The van der Waals surface area contributed by atoms with Gasteiger partial charge in [-0.05, 0) is 38.1 Å². The van der Waals surface area contributed by atoms with Gasteiger partial charge in [0.15, 0.2) is 0 Å². The third-order valence-electron chi connectivity index (χ3n) is 2.39. The molecular weight excluding hydrogens is 236 g/mol. The molecule has 0 saturated heterocycles. The first kappa shape index (κ1) is 13.4. The Morgan fingerprint density at radius 2 is 1.88 bits per heavy atom. The van der Waals surface area contributed by atoms with Gasteiger partial charge in [0.05, 0.1) is 17.6 Å². The van der Waals surface area contributed by atoms with E-state index in [0.717, 1.165) is 0 Å². The van der Waals surface area contributed by atoms with Crippen LogP contribution in [0.25, 0.3) is 0 Å². The first-order valence-corrected chi connectivity index (χ1v) is 5.54. The molecule has 0 radical (unpaired) electrons. The number of amides is 1. The van der Waals surface area contributed by atoms with Gasteiger partial charge < -0.3 is 15.8 Å². The van der Waals surface area contributed by atoms with Crippen molar-refractivity contribution in [2.45, 2.75) is 19.4 Å². The van der Waals surface area contributed by atoms with Crippen LogP contribution in [0, 0.1) is 0 Å². The molecule has 1 rings (SSSR count). The van der Waals surface area contributed by atoms with Gasteiger partial charge in [-0.15, -0.1) is 0 Å². The van der Waals surface area contributed by atoms with Crippen LogP contribution in [-0.2, 0) is 0 Å². The van der Waals surface area contributed by atoms with Gasteiger partial charge in [-0.1, -0.05) is 12.2 Å². The van der Waals surface area contributed by atoms with Gasteiger partial charge in [0, 0.05) is 5.56 Å². The van der Waals surface area contributed by atoms with Crippen LogP contribution in [0.2, 0.25) is 0 Å². The molecule has 0 unspecified atom stereocenters. The standard InChI is InChI=1S/C12H16N2O2S/c1-12(2,11(13)17)14-10(15)8-4-6-9(16-3)7-5-8/h4-7H,1-3H3,(H2,13,17)(H,14,15). The maximum atomic E-state index is 11.9. The van der Waals surface area contributed by atoms with E-state index in [-0.39, 0.29) is 10.9 Å². The molecule has 1 aromatic carbocycles. The van der Waals surface area contributed by atoms with Gasteiger partial charge in [-0.2, -0.15) is 0 Å². The van der Waals surface area contributed by atoms with Crippen molar-refractivity contribution in [1.29, 1.82) is 0 Å². The van der Waals surface area contributed by atoms with Gasteiger partial charge >= 0.3 is 0 Å². The Morgan fingerprint density at radius 3 is 2.29 bits per heavy atom. The Morgan fingerprint density at radius 1 is 1.35 bits per heavy atom. The molecule has 0 fully saturated rings. The minimum absolute atomic E-state index is 0.217. The number of nitrogens with one attached hydrogen (secondary N) is 1. The molecule has 1 aromatic rings. The highest BCUT2D eigenvalue weighted by atomic mass is 32.1. The largest absolute Gasteiger partial charge is 0.497 e. The highest BCUT2D eigenvalue weighted by molar-refractivity contribution is 7.80. The number of carbonyl (C=O) groups excluding carboxylic acids is 1. The van der Waals surface area contributed by atoms with Gasteiger partial charge in [-0.25, -0.2) is 0 Å². The summed E-state index contributed by atoms with van der Waals surface area (Å²) in [7, 11) is 1.57. The number of hydrogen-bond donors (Lipinski definition) is 2. The fourth-order valence-corrected chi connectivity index (χ4v) is 1.21. The third kappa shape index (κ3) is 3.42. The third-order valence-corrected chi connectivity index (χ3v) is 2.90.